The van der Waals surface area contributed by atoms with Crippen LogP contribution in [0.1, 0.15) is 24.1 Å². The first-order valence-electron chi connectivity index (χ1n) is 10.7. The van der Waals surface area contributed by atoms with Crippen LogP contribution >= 0.6 is 11.8 Å². The topological polar surface area (TPSA) is 69.0 Å². The van der Waals surface area contributed by atoms with E-state index in [-0.39, 0.29) is 17.2 Å². The number of hydrogen-bond acceptors (Lipinski definition) is 5. The Bertz CT molecular complexity index is 1150. The summed E-state index contributed by atoms with van der Waals surface area (Å²) >= 11 is 1.39. The summed E-state index contributed by atoms with van der Waals surface area (Å²) in [5.74, 6) is 1.46. The minimum Gasteiger partial charge on any atom is -0.497 e. The molecule has 0 aliphatic carbocycles. The molecule has 0 fully saturated rings. The maximum absolute atomic E-state index is 13.2. The Morgan fingerprint density at radius 3 is 2.03 bits per heavy atom. The molecule has 0 saturated carbocycles. The van der Waals surface area contributed by atoms with Crippen LogP contribution in [0.15, 0.2) is 90.1 Å². The predicted octanol–water partition coefficient (Wildman–Crippen LogP) is 4.88. The maximum atomic E-state index is 13.2. The third-order valence-electron chi connectivity index (χ3n) is 5.39. The number of methoxy groups -OCH3 is 1. The third-order valence-corrected chi connectivity index (χ3v) is 6.52. The summed E-state index contributed by atoms with van der Waals surface area (Å²) in [5.41, 5.74) is 3.01. The van der Waals surface area contributed by atoms with Crippen LogP contribution < -0.4 is 10.1 Å². The zero-order chi connectivity index (χ0) is 23.2. The average molecular weight is 459 g/mol. The van der Waals surface area contributed by atoms with Crippen LogP contribution in [-0.2, 0) is 11.8 Å². The lowest BCUT2D eigenvalue weighted by atomic mass is 9.98. The van der Waals surface area contributed by atoms with Gasteiger partial charge in [0.25, 0.3) is 0 Å². The minimum atomic E-state index is -0.355. The Morgan fingerprint density at radius 2 is 1.48 bits per heavy atom. The van der Waals surface area contributed by atoms with Crippen LogP contribution in [0.3, 0.4) is 0 Å². The van der Waals surface area contributed by atoms with Crippen LogP contribution in [0.25, 0.3) is 11.4 Å². The van der Waals surface area contributed by atoms with Crippen molar-refractivity contribution in [3.8, 4) is 17.1 Å². The van der Waals surface area contributed by atoms with Crippen molar-refractivity contribution in [3.63, 3.8) is 0 Å². The summed E-state index contributed by atoms with van der Waals surface area (Å²) in [7, 11) is 3.54. The van der Waals surface area contributed by atoms with Crippen molar-refractivity contribution in [2.75, 3.05) is 7.11 Å². The number of carbonyl (C=O) groups excluding carboxylic acids is 1. The Morgan fingerprint density at radius 1 is 0.909 bits per heavy atom. The van der Waals surface area contributed by atoms with Gasteiger partial charge >= 0.3 is 0 Å². The van der Waals surface area contributed by atoms with Crippen molar-refractivity contribution in [2.45, 2.75) is 23.4 Å². The molecular formula is C26H26N4O2S. The molecule has 33 heavy (non-hydrogen) atoms. The Kier molecular flexibility index (Phi) is 7.10. The van der Waals surface area contributed by atoms with Gasteiger partial charge in [0.2, 0.25) is 5.91 Å². The fraction of sp³-hybridized carbons (Fsp3) is 0.192. The maximum Gasteiger partial charge on any atom is 0.234 e. The first kappa shape index (κ1) is 22.6. The highest BCUT2D eigenvalue weighted by Crippen LogP contribution is 2.28. The van der Waals surface area contributed by atoms with Gasteiger partial charge in [-0.3, -0.25) is 4.79 Å². The first-order chi connectivity index (χ1) is 16.1. The van der Waals surface area contributed by atoms with E-state index in [2.05, 4.69) is 15.5 Å². The highest BCUT2D eigenvalue weighted by molar-refractivity contribution is 8.00. The van der Waals surface area contributed by atoms with Gasteiger partial charge in [-0.05, 0) is 42.3 Å². The van der Waals surface area contributed by atoms with E-state index in [0.29, 0.717) is 5.16 Å². The lowest BCUT2D eigenvalue weighted by Gasteiger charge is -2.22. The molecule has 1 unspecified atom stereocenters. The van der Waals surface area contributed by atoms with E-state index in [1.54, 1.807) is 7.11 Å². The summed E-state index contributed by atoms with van der Waals surface area (Å²) in [5, 5.41) is 12.2. The van der Waals surface area contributed by atoms with E-state index in [1.807, 2.05) is 103 Å². The summed E-state index contributed by atoms with van der Waals surface area (Å²) in [4.78, 5) is 13.2. The molecule has 3 aromatic carbocycles. The zero-order valence-corrected chi connectivity index (χ0v) is 19.6. The molecule has 4 aromatic rings. The van der Waals surface area contributed by atoms with E-state index < -0.39 is 0 Å². The second-order valence-corrected chi connectivity index (χ2v) is 8.92. The Hall–Kier alpha value is -3.58. The van der Waals surface area contributed by atoms with E-state index in [4.69, 9.17) is 4.74 Å². The minimum absolute atomic E-state index is 0.0632. The smallest absolute Gasteiger partial charge is 0.234 e. The largest absolute Gasteiger partial charge is 0.497 e. The first-order valence-corrected chi connectivity index (χ1v) is 11.6. The summed E-state index contributed by atoms with van der Waals surface area (Å²) in [6.07, 6.45) is 0. The molecule has 1 amide bonds. The monoisotopic (exact) mass is 458 g/mol. The summed E-state index contributed by atoms with van der Waals surface area (Å²) < 4.78 is 7.13. The van der Waals surface area contributed by atoms with Gasteiger partial charge in [-0.15, -0.1) is 10.2 Å². The van der Waals surface area contributed by atoms with Gasteiger partial charge in [-0.25, -0.2) is 0 Å². The van der Waals surface area contributed by atoms with Gasteiger partial charge in [0, 0.05) is 12.6 Å². The highest BCUT2D eigenvalue weighted by atomic mass is 32.2. The summed E-state index contributed by atoms with van der Waals surface area (Å²) in [6, 6.07) is 27.4. The predicted molar refractivity (Wildman–Crippen MR) is 131 cm³/mol. The van der Waals surface area contributed by atoms with Crippen molar-refractivity contribution < 1.29 is 9.53 Å². The number of ether oxygens (including phenoxy) is 1. The van der Waals surface area contributed by atoms with E-state index in [1.165, 1.54) is 11.8 Å². The van der Waals surface area contributed by atoms with Gasteiger partial charge < -0.3 is 14.6 Å². The molecule has 1 heterocycles. The quantitative estimate of drug-likeness (QED) is 0.381. The Balaban J connectivity index is 1.49. The molecular weight excluding hydrogens is 432 g/mol. The number of amides is 1. The standard InChI is InChI=1S/C26H26N4O2S/c1-18(33-26-29-28-24(30(26)2)21-14-16-22(32-3)17-15-21)25(31)27-23(19-10-6-4-7-11-19)20-12-8-5-9-13-20/h4-18,23H,1-3H3,(H,27,31). The van der Waals surface area contributed by atoms with Gasteiger partial charge in [0.1, 0.15) is 5.75 Å². The number of aromatic nitrogens is 3. The van der Waals surface area contributed by atoms with Crippen molar-refractivity contribution >= 4 is 17.7 Å². The number of rotatable bonds is 8. The van der Waals surface area contributed by atoms with Crippen molar-refractivity contribution in [1.82, 2.24) is 20.1 Å². The van der Waals surface area contributed by atoms with E-state index in [0.717, 1.165) is 28.3 Å². The van der Waals surface area contributed by atoms with Gasteiger partial charge in [-0.1, -0.05) is 72.4 Å². The number of carbonyl (C=O) groups is 1. The number of nitrogens with zero attached hydrogens (tertiary/aromatic N) is 3. The van der Waals surface area contributed by atoms with Crippen molar-refractivity contribution in [1.29, 1.82) is 0 Å². The molecule has 0 saturated heterocycles. The van der Waals surface area contributed by atoms with Crippen LogP contribution in [0.5, 0.6) is 5.75 Å². The molecule has 0 radical (unpaired) electrons. The second-order valence-electron chi connectivity index (χ2n) is 7.62. The molecule has 1 N–H and O–H groups in total. The van der Waals surface area contributed by atoms with Crippen LogP contribution in [-0.4, -0.2) is 33.0 Å². The Labute approximate surface area is 198 Å². The SMILES string of the molecule is COc1ccc(-c2nnc(SC(C)C(=O)NC(c3ccccc3)c3ccccc3)n2C)cc1. The van der Waals surface area contributed by atoms with Crippen molar-refractivity contribution in [3.05, 3.63) is 96.1 Å². The van der Waals surface area contributed by atoms with Gasteiger partial charge in [0.05, 0.1) is 18.4 Å². The molecule has 4 rings (SSSR count). The van der Waals surface area contributed by atoms with Crippen molar-refractivity contribution in [2.24, 2.45) is 7.05 Å². The molecule has 168 valence electrons. The molecule has 0 spiro atoms. The lowest BCUT2D eigenvalue weighted by molar-refractivity contribution is -0.120. The zero-order valence-electron chi connectivity index (χ0n) is 18.8. The summed E-state index contributed by atoms with van der Waals surface area (Å²) in [6.45, 7) is 1.88. The molecule has 7 heteroatoms. The molecule has 0 aliphatic heterocycles. The lowest BCUT2D eigenvalue weighted by Crippen LogP contribution is -2.35. The fourth-order valence-electron chi connectivity index (χ4n) is 3.53. The van der Waals surface area contributed by atoms with Crippen LogP contribution in [0, 0.1) is 0 Å². The van der Waals surface area contributed by atoms with Gasteiger partial charge in [0.15, 0.2) is 11.0 Å². The number of thioether (sulfide) groups is 1. The molecule has 0 aliphatic rings. The number of benzene rings is 3. The fourth-order valence-corrected chi connectivity index (χ4v) is 4.35. The molecule has 1 aromatic heterocycles. The number of nitrogens with one attached hydrogen (secondary N) is 1. The molecule has 1 atom stereocenters. The molecule has 6 nitrogen and oxygen atoms in total. The molecule has 0 bridgehead atoms. The normalized spacial score (nSPS) is 11.9. The van der Waals surface area contributed by atoms with Gasteiger partial charge in [-0.2, -0.15) is 0 Å². The van der Waals surface area contributed by atoms with Crippen LogP contribution in [0.2, 0.25) is 0 Å². The number of hydrogen-bond donors (Lipinski definition) is 1. The second kappa shape index (κ2) is 10.4. The highest BCUT2D eigenvalue weighted by Gasteiger charge is 2.23. The van der Waals surface area contributed by atoms with E-state index >= 15 is 0 Å². The van der Waals surface area contributed by atoms with E-state index in [9.17, 15) is 4.79 Å². The average Bonchev–Trinajstić information content (AvgIpc) is 3.23. The van der Waals surface area contributed by atoms with Crippen LogP contribution in [0.4, 0.5) is 0 Å². The third kappa shape index (κ3) is 5.26.